The van der Waals surface area contributed by atoms with Gasteiger partial charge in [-0.25, -0.2) is 8.42 Å². The molecule has 0 saturated heterocycles. The molecular formula is C24H25N3O5S. The van der Waals surface area contributed by atoms with Gasteiger partial charge in [0.15, 0.2) is 0 Å². The Kier molecular flexibility index (Phi) is 7.47. The molecule has 1 atom stereocenters. The zero-order valence-corrected chi connectivity index (χ0v) is 19.1. The van der Waals surface area contributed by atoms with E-state index < -0.39 is 27.9 Å². The molecule has 0 spiro atoms. The first-order chi connectivity index (χ1) is 15.7. The largest absolute Gasteiger partial charge is 0.497 e. The summed E-state index contributed by atoms with van der Waals surface area (Å²) < 4.78 is 32.9. The average Bonchev–Trinajstić information content (AvgIpc) is 2.83. The molecular weight excluding hydrogens is 442 g/mol. The maximum atomic E-state index is 13.2. The van der Waals surface area contributed by atoms with E-state index in [1.54, 1.807) is 54.6 Å². The third kappa shape index (κ3) is 5.76. The number of nitrogens with two attached hydrogens (primary N) is 1. The molecule has 3 rings (SSSR count). The molecule has 0 heterocycles. The van der Waals surface area contributed by atoms with Gasteiger partial charge < -0.3 is 15.8 Å². The summed E-state index contributed by atoms with van der Waals surface area (Å²) in [5, 5.41) is 2.74. The Morgan fingerprint density at radius 1 is 0.970 bits per heavy atom. The first-order valence-corrected chi connectivity index (χ1v) is 11.5. The van der Waals surface area contributed by atoms with E-state index in [2.05, 4.69) is 5.32 Å². The Bertz CT molecular complexity index is 1210. The molecule has 0 aliphatic carbocycles. The molecule has 0 radical (unpaired) electrons. The third-order valence-electron chi connectivity index (χ3n) is 5.19. The molecule has 0 bridgehead atoms. The maximum Gasteiger partial charge on any atom is 0.248 e. The first kappa shape index (κ1) is 24.0. The van der Waals surface area contributed by atoms with Crippen molar-refractivity contribution in [3.05, 3.63) is 90.0 Å². The lowest BCUT2D eigenvalue weighted by atomic mass is 10.0. The van der Waals surface area contributed by atoms with Gasteiger partial charge in [0, 0.05) is 24.7 Å². The molecule has 0 unspecified atom stereocenters. The minimum absolute atomic E-state index is 0.132. The lowest BCUT2D eigenvalue weighted by Crippen LogP contribution is -2.33. The zero-order valence-electron chi connectivity index (χ0n) is 18.3. The summed E-state index contributed by atoms with van der Waals surface area (Å²) in [6.07, 6.45) is -0.132. The Morgan fingerprint density at radius 3 is 2.12 bits per heavy atom. The van der Waals surface area contributed by atoms with Crippen LogP contribution in [0.2, 0.25) is 0 Å². The van der Waals surface area contributed by atoms with E-state index in [1.165, 1.54) is 42.7 Å². The number of primary amides is 1. The highest BCUT2D eigenvalue weighted by Gasteiger charge is 2.31. The van der Waals surface area contributed by atoms with Crippen LogP contribution in [0.1, 0.15) is 28.4 Å². The Hall–Kier alpha value is -3.69. The lowest BCUT2D eigenvalue weighted by Gasteiger charge is -2.28. The number of hydrogen-bond donors (Lipinski definition) is 2. The second-order valence-electron chi connectivity index (χ2n) is 7.32. The lowest BCUT2D eigenvalue weighted by molar-refractivity contribution is -0.117. The summed E-state index contributed by atoms with van der Waals surface area (Å²) in [6.45, 7) is 0. The molecule has 172 valence electrons. The quantitative estimate of drug-likeness (QED) is 0.501. The number of nitrogens with one attached hydrogen (secondary N) is 1. The smallest absolute Gasteiger partial charge is 0.248 e. The van der Waals surface area contributed by atoms with Crippen LogP contribution in [0.25, 0.3) is 0 Å². The number of benzene rings is 3. The van der Waals surface area contributed by atoms with Gasteiger partial charge in [-0.2, -0.15) is 4.31 Å². The first-order valence-electron chi connectivity index (χ1n) is 10.1. The Balaban J connectivity index is 1.88. The Morgan fingerprint density at radius 2 is 1.58 bits per heavy atom. The fraction of sp³-hybridized carbons (Fsp3) is 0.167. The number of anilines is 1. The molecule has 8 nitrogen and oxygen atoms in total. The van der Waals surface area contributed by atoms with E-state index in [0.29, 0.717) is 22.6 Å². The van der Waals surface area contributed by atoms with Crippen LogP contribution in [0.5, 0.6) is 5.75 Å². The predicted octanol–water partition coefficient (Wildman–Crippen LogP) is 3.18. The third-order valence-corrected chi connectivity index (χ3v) is 7.07. The van der Waals surface area contributed by atoms with Crippen LogP contribution in [0, 0.1) is 0 Å². The van der Waals surface area contributed by atoms with Gasteiger partial charge in [0.2, 0.25) is 21.8 Å². The zero-order chi connectivity index (χ0) is 24.0. The summed E-state index contributed by atoms with van der Waals surface area (Å²) in [5.41, 5.74) is 6.66. The van der Waals surface area contributed by atoms with Crippen LogP contribution in [-0.2, 0) is 14.8 Å². The fourth-order valence-corrected chi connectivity index (χ4v) is 4.68. The fourth-order valence-electron chi connectivity index (χ4n) is 3.31. The normalized spacial score (nSPS) is 12.2. The van der Waals surface area contributed by atoms with Crippen molar-refractivity contribution in [2.75, 3.05) is 19.5 Å². The highest BCUT2D eigenvalue weighted by atomic mass is 32.2. The van der Waals surface area contributed by atoms with Crippen molar-refractivity contribution < 1.29 is 22.7 Å². The van der Waals surface area contributed by atoms with Gasteiger partial charge in [0.25, 0.3) is 0 Å². The molecule has 3 aromatic rings. The minimum Gasteiger partial charge on any atom is -0.497 e. The molecule has 0 fully saturated rings. The number of ether oxygens (including phenoxy) is 1. The van der Waals surface area contributed by atoms with Crippen molar-refractivity contribution in [3.8, 4) is 5.75 Å². The molecule has 0 aromatic heterocycles. The van der Waals surface area contributed by atoms with Crippen LogP contribution >= 0.6 is 0 Å². The van der Waals surface area contributed by atoms with Crippen molar-refractivity contribution in [1.29, 1.82) is 0 Å². The van der Waals surface area contributed by atoms with Gasteiger partial charge in [-0.1, -0.05) is 30.3 Å². The van der Waals surface area contributed by atoms with Crippen LogP contribution < -0.4 is 15.8 Å². The van der Waals surface area contributed by atoms with Gasteiger partial charge in [-0.3, -0.25) is 9.59 Å². The molecule has 33 heavy (non-hydrogen) atoms. The van der Waals surface area contributed by atoms with E-state index in [9.17, 15) is 18.0 Å². The summed E-state index contributed by atoms with van der Waals surface area (Å²) in [7, 11) is -0.877. The van der Waals surface area contributed by atoms with Gasteiger partial charge in [-0.15, -0.1) is 0 Å². The average molecular weight is 468 g/mol. The van der Waals surface area contributed by atoms with Crippen LogP contribution in [0.4, 0.5) is 5.69 Å². The monoisotopic (exact) mass is 467 g/mol. The number of carbonyl (C=O) groups is 2. The van der Waals surface area contributed by atoms with Crippen molar-refractivity contribution in [1.82, 2.24) is 4.31 Å². The van der Waals surface area contributed by atoms with E-state index in [1.807, 2.05) is 0 Å². The van der Waals surface area contributed by atoms with Crippen LogP contribution in [0.15, 0.2) is 83.8 Å². The standard InChI is InChI=1S/C24H25N3O5S/c1-27(33(30,31)21-6-4-3-5-7-21)22(17-10-14-20(32-2)15-11-17)16-23(28)26-19-12-8-18(9-13-19)24(25)29/h3-15,22H,16H2,1-2H3,(H2,25,29)(H,26,28)/t22-/m0/s1. The summed E-state index contributed by atoms with van der Waals surface area (Å²) in [6, 6.07) is 20.3. The van der Waals surface area contributed by atoms with E-state index in [0.717, 1.165) is 0 Å². The SMILES string of the molecule is COc1ccc([C@H](CC(=O)Nc2ccc(C(N)=O)cc2)N(C)S(=O)(=O)c2ccccc2)cc1. The number of hydrogen-bond acceptors (Lipinski definition) is 5. The van der Waals surface area contributed by atoms with Gasteiger partial charge in [-0.05, 0) is 54.1 Å². The molecule has 0 aliphatic heterocycles. The number of amides is 2. The predicted molar refractivity (Wildman–Crippen MR) is 125 cm³/mol. The second kappa shape index (κ2) is 10.3. The number of rotatable bonds is 9. The number of carbonyl (C=O) groups excluding carboxylic acids is 2. The molecule has 9 heteroatoms. The van der Waals surface area contributed by atoms with Crippen molar-refractivity contribution in [2.24, 2.45) is 5.73 Å². The number of methoxy groups -OCH3 is 1. The minimum atomic E-state index is -3.86. The highest BCUT2D eigenvalue weighted by Crippen LogP contribution is 2.30. The van der Waals surface area contributed by atoms with Crippen LogP contribution in [-0.4, -0.2) is 38.7 Å². The topological polar surface area (TPSA) is 119 Å². The van der Waals surface area contributed by atoms with Gasteiger partial charge >= 0.3 is 0 Å². The Labute approximate surface area is 193 Å². The number of nitrogens with zero attached hydrogens (tertiary/aromatic N) is 1. The van der Waals surface area contributed by atoms with Crippen molar-refractivity contribution >= 4 is 27.5 Å². The summed E-state index contributed by atoms with van der Waals surface area (Å²) in [4.78, 5) is 24.2. The maximum absolute atomic E-state index is 13.2. The molecule has 3 aromatic carbocycles. The van der Waals surface area contributed by atoms with Crippen LogP contribution in [0.3, 0.4) is 0 Å². The van der Waals surface area contributed by atoms with Gasteiger partial charge in [0.05, 0.1) is 18.0 Å². The van der Waals surface area contributed by atoms with Crippen molar-refractivity contribution in [2.45, 2.75) is 17.4 Å². The van der Waals surface area contributed by atoms with Gasteiger partial charge in [0.1, 0.15) is 5.75 Å². The van der Waals surface area contributed by atoms with E-state index in [-0.39, 0.29) is 11.3 Å². The number of sulfonamides is 1. The van der Waals surface area contributed by atoms with E-state index >= 15 is 0 Å². The molecule has 2 amide bonds. The van der Waals surface area contributed by atoms with E-state index in [4.69, 9.17) is 10.5 Å². The highest BCUT2D eigenvalue weighted by molar-refractivity contribution is 7.89. The molecule has 0 saturated carbocycles. The summed E-state index contributed by atoms with van der Waals surface area (Å²) in [5.74, 6) is -0.344. The molecule has 0 aliphatic rings. The van der Waals surface area contributed by atoms with Crippen molar-refractivity contribution in [3.63, 3.8) is 0 Å². The summed E-state index contributed by atoms with van der Waals surface area (Å²) >= 11 is 0. The molecule has 3 N–H and O–H groups in total. The second-order valence-corrected chi connectivity index (χ2v) is 9.31.